The number of nitrogens with zero attached hydrogens (tertiary/aromatic N) is 3. The number of amides is 2. The molecule has 0 radical (unpaired) electrons. The van der Waals surface area contributed by atoms with Crippen LogP contribution >= 0.6 is 0 Å². The van der Waals surface area contributed by atoms with E-state index in [4.69, 9.17) is 4.84 Å². The Hall–Kier alpha value is -2.34. The molecule has 6 nitrogen and oxygen atoms in total. The standard InChI is InChI=1S/C18H24N4O2/c1-13-17(14(2)21(3)19-13)16-10-7-11-22(16)18(23)20-24-12-15-8-5-4-6-9-15/h4-6,8-9,16H,7,10-12H2,1-3H3,(H,20,23). The Kier molecular flexibility index (Phi) is 4.85. The van der Waals surface area contributed by atoms with Crippen LogP contribution in [-0.4, -0.2) is 27.3 Å². The van der Waals surface area contributed by atoms with Gasteiger partial charge < -0.3 is 4.90 Å². The highest BCUT2D eigenvalue weighted by Crippen LogP contribution is 2.35. The summed E-state index contributed by atoms with van der Waals surface area (Å²) in [5.41, 5.74) is 6.87. The van der Waals surface area contributed by atoms with E-state index in [1.807, 2.05) is 53.9 Å². The van der Waals surface area contributed by atoms with Gasteiger partial charge in [0.15, 0.2) is 0 Å². The van der Waals surface area contributed by atoms with Crippen LogP contribution in [0.1, 0.15) is 41.4 Å². The molecule has 1 aromatic heterocycles. The number of hydrogen-bond acceptors (Lipinski definition) is 3. The number of carbonyl (C=O) groups is 1. The average Bonchev–Trinajstić information content (AvgIpc) is 3.13. The molecular formula is C18H24N4O2. The summed E-state index contributed by atoms with van der Waals surface area (Å²) in [4.78, 5) is 19.7. The Labute approximate surface area is 142 Å². The predicted molar refractivity (Wildman–Crippen MR) is 91.1 cm³/mol. The first kappa shape index (κ1) is 16.5. The lowest BCUT2D eigenvalue weighted by atomic mass is 10.0. The van der Waals surface area contributed by atoms with Crippen molar-refractivity contribution >= 4 is 6.03 Å². The number of aromatic nitrogens is 2. The summed E-state index contributed by atoms with van der Waals surface area (Å²) in [6.45, 7) is 5.15. The molecule has 1 unspecified atom stereocenters. The molecule has 1 aliphatic heterocycles. The van der Waals surface area contributed by atoms with Crippen LogP contribution in [0.4, 0.5) is 4.79 Å². The van der Waals surface area contributed by atoms with Crippen molar-refractivity contribution in [1.29, 1.82) is 0 Å². The van der Waals surface area contributed by atoms with Crippen LogP contribution in [0, 0.1) is 13.8 Å². The number of likely N-dealkylation sites (tertiary alicyclic amines) is 1. The van der Waals surface area contributed by atoms with Crippen molar-refractivity contribution < 1.29 is 9.63 Å². The molecule has 1 saturated heterocycles. The van der Waals surface area contributed by atoms with Crippen molar-refractivity contribution in [2.75, 3.05) is 6.54 Å². The van der Waals surface area contributed by atoms with Gasteiger partial charge in [-0.15, -0.1) is 0 Å². The molecule has 0 spiro atoms. The van der Waals surface area contributed by atoms with Gasteiger partial charge in [-0.1, -0.05) is 30.3 Å². The first-order valence-electron chi connectivity index (χ1n) is 8.30. The molecule has 0 saturated carbocycles. The minimum atomic E-state index is -0.184. The van der Waals surface area contributed by atoms with Crippen molar-refractivity contribution in [3.05, 3.63) is 52.8 Å². The first-order valence-corrected chi connectivity index (χ1v) is 8.30. The minimum absolute atomic E-state index is 0.0685. The number of urea groups is 1. The normalized spacial score (nSPS) is 17.3. The van der Waals surface area contributed by atoms with Crippen LogP contribution < -0.4 is 5.48 Å². The van der Waals surface area contributed by atoms with Crippen molar-refractivity contribution in [2.45, 2.75) is 39.3 Å². The van der Waals surface area contributed by atoms with Gasteiger partial charge in [0, 0.05) is 24.8 Å². The SMILES string of the molecule is Cc1nn(C)c(C)c1C1CCCN1C(=O)NOCc1ccccc1. The highest BCUT2D eigenvalue weighted by atomic mass is 16.7. The largest absolute Gasteiger partial charge is 0.341 e. The van der Waals surface area contributed by atoms with Gasteiger partial charge in [-0.25, -0.2) is 10.3 Å². The van der Waals surface area contributed by atoms with E-state index < -0.39 is 0 Å². The predicted octanol–water partition coefficient (Wildman–Crippen LogP) is 3.02. The van der Waals surface area contributed by atoms with E-state index in [0.717, 1.165) is 41.9 Å². The number of carbonyl (C=O) groups excluding carboxylic acids is 1. The van der Waals surface area contributed by atoms with E-state index in [-0.39, 0.29) is 12.1 Å². The summed E-state index contributed by atoms with van der Waals surface area (Å²) in [6, 6.07) is 9.67. The van der Waals surface area contributed by atoms with E-state index in [1.54, 1.807) is 0 Å². The second kappa shape index (κ2) is 7.05. The highest BCUT2D eigenvalue weighted by molar-refractivity contribution is 5.74. The van der Waals surface area contributed by atoms with E-state index in [2.05, 4.69) is 17.5 Å². The molecule has 1 aromatic carbocycles. The second-order valence-electron chi connectivity index (χ2n) is 6.24. The van der Waals surface area contributed by atoms with Crippen LogP contribution in [0.25, 0.3) is 0 Å². The third-order valence-electron chi connectivity index (χ3n) is 4.65. The van der Waals surface area contributed by atoms with Crippen LogP contribution in [0.15, 0.2) is 30.3 Å². The Morgan fingerprint density at radius 1 is 1.33 bits per heavy atom. The third kappa shape index (κ3) is 3.28. The summed E-state index contributed by atoms with van der Waals surface area (Å²) >= 11 is 0. The number of rotatable bonds is 4. The molecule has 6 heteroatoms. The Bertz CT molecular complexity index is 711. The monoisotopic (exact) mass is 328 g/mol. The van der Waals surface area contributed by atoms with Crippen molar-refractivity contribution in [3.8, 4) is 0 Å². The second-order valence-corrected chi connectivity index (χ2v) is 6.24. The molecule has 1 fully saturated rings. The zero-order valence-corrected chi connectivity index (χ0v) is 14.5. The molecule has 2 heterocycles. The van der Waals surface area contributed by atoms with Crippen LogP contribution in [0.2, 0.25) is 0 Å². The van der Waals surface area contributed by atoms with Crippen molar-refractivity contribution in [1.82, 2.24) is 20.2 Å². The molecule has 1 N–H and O–H groups in total. The maximum Gasteiger partial charge on any atom is 0.341 e. The quantitative estimate of drug-likeness (QED) is 0.878. The average molecular weight is 328 g/mol. The van der Waals surface area contributed by atoms with E-state index in [9.17, 15) is 4.79 Å². The zero-order valence-electron chi connectivity index (χ0n) is 14.5. The summed E-state index contributed by atoms with van der Waals surface area (Å²) < 4.78 is 1.88. The van der Waals surface area contributed by atoms with Gasteiger partial charge >= 0.3 is 6.03 Å². The van der Waals surface area contributed by atoms with Crippen LogP contribution in [-0.2, 0) is 18.5 Å². The Morgan fingerprint density at radius 2 is 2.08 bits per heavy atom. The molecule has 0 aliphatic carbocycles. The number of nitrogens with one attached hydrogen (secondary N) is 1. The van der Waals surface area contributed by atoms with Crippen LogP contribution in [0.5, 0.6) is 0 Å². The first-order chi connectivity index (χ1) is 11.6. The molecule has 3 rings (SSSR count). The van der Waals surface area contributed by atoms with E-state index in [0.29, 0.717) is 6.61 Å². The molecule has 24 heavy (non-hydrogen) atoms. The number of aryl methyl sites for hydroxylation is 2. The summed E-state index contributed by atoms with van der Waals surface area (Å²) in [7, 11) is 1.94. The highest BCUT2D eigenvalue weighted by Gasteiger charge is 2.33. The third-order valence-corrected chi connectivity index (χ3v) is 4.65. The van der Waals surface area contributed by atoms with Crippen LogP contribution in [0.3, 0.4) is 0 Å². The molecule has 1 atom stereocenters. The molecule has 0 bridgehead atoms. The smallest absolute Gasteiger partial charge is 0.316 e. The summed E-state index contributed by atoms with van der Waals surface area (Å²) in [5.74, 6) is 0. The lowest BCUT2D eigenvalue weighted by Crippen LogP contribution is -2.39. The molecule has 2 amide bonds. The number of hydroxylamine groups is 1. The summed E-state index contributed by atoms with van der Waals surface area (Å²) in [5, 5.41) is 4.48. The van der Waals surface area contributed by atoms with E-state index in [1.165, 1.54) is 0 Å². The summed E-state index contributed by atoms with van der Waals surface area (Å²) in [6.07, 6.45) is 1.95. The Balaban J connectivity index is 1.63. The fourth-order valence-electron chi connectivity index (χ4n) is 3.40. The minimum Gasteiger partial charge on any atom is -0.316 e. The maximum absolute atomic E-state index is 12.5. The van der Waals surface area contributed by atoms with Gasteiger partial charge in [-0.3, -0.25) is 9.52 Å². The van der Waals surface area contributed by atoms with Gasteiger partial charge in [0.05, 0.1) is 18.3 Å². The van der Waals surface area contributed by atoms with E-state index >= 15 is 0 Å². The Morgan fingerprint density at radius 3 is 2.75 bits per heavy atom. The topological polar surface area (TPSA) is 59.4 Å². The lowest BCUT2D eigenvalue weighted by molar-refractivity contribution is 0.0351. The van der Waals surface area contributed by atoms with Crippen molar-refractivity contribution in [3.63, 3.8) is 0 Å². The maximum atomic E-state index is 12.5. The molecule has 2 aromatic rings. The number of hydrogen-bond donors (Lipinski definition) is 1. The van der Waals surface area contributed by atoms with Gasteiger partial charge in [0.25, 0.3) is 0 Å². The molecule has 1 aliphatic rings. The fraction of sp³-hybridized carbons (Fsp3) is 0.444. The fourth-order valence-corrected chi connectivity index (χ4v) is 3.40. The lowest BCUT2D eigenvalue weighted by Gasteiger charge is -2.25. The van der Waals surface area contributed by atoms with Gasteiger partial charge in [-0.2, -0.15) is 5.10 Å². The van der Waals surface area contributed by atoms with Gasteiger partial charge in [-0.05, 0) is 32.3 Å². The van der Waals surface area contributed by atoms with Gasteiger partial charge in [0.1, 0.15) is 0 Å². The zero-order chi connectivity index (χ0) is 17.1. The van der Waals surface area contributed by atoms with Crippen molar-refractivity contribution in [2.24, 2.45) is 7.05 Å². The molecular weight excluding hydrogens is 304 g/mol. The molecule has 128 valence electrons. The number of benzene rings is 1. The van der Waals surface area contributed by atoms with Gasteiger partial charge in [0.2, 0.25) is 0 Å².